The molecule has 0 fully saturated rings. The molecule has 0 saturated carbocycles. The summed E-state index contributed by atoms with van der Waals surface area (Å²) in [4.78, 5) is 26.7. The van der Waals surface area contributed by atoms with Gasteiger partial charge in [0.2, 0.25) is 0 Å². The van der Waals surface area contributed by atoms with E-state index in [2.05, 4.69) is 6.92 Å². The third-order valence-electron chi connectivity index (χ3n) is 4.87. The number of hydrogen-bond acceptors (Lipinski definition) is 3. The van der Waals surface area contributed by atoms with E-state index in [1.54, 1.807) is 0 Å². The molecule has 0 heterocycles. The number of unbranched alkanes of at least 4 members (excludes halogenated alkanes) is 17. The van der Waals surface area contributed by atoms with Crippen molar-refractivity contribution >= 4 is 8.80 Å². The Morgan fingerprint density at radius 1 is 0.417 bits per heavy atom. The van der Waals surface area contributed by atoms with Gasteiger partial charge in [-0.2, -0.15) is 0 Å². The molecule has 4 heteroatoms. The Kier molecular flexibility index (Phi) is 18.0. The van der Waals surface area contributed by atoms with Crippen LogP contribution >= 0.6 is 0 Å². The van der Waals surface area contributed by atoms with Gasteiger partial charge in [-0.3, -0.25) is 0 Å². The first kappa shape index (κ1) is 24.1. The van der Waals surface area contributed by atoms with Crippen molar-refractivity contribution in [2.75, 3.05) is 0 Å². The van der Waals surface area contributed by atoms with Crippen LogP contribution in [-0.4, -0.2) is 23.2 Å². The minimum atomic E-state index is -3.77. The van der Waals surface area contributed by atoms with Gasteiger partial charge in [-0.05, 0) is 6.42 Å². The second kappa shape index (κ2) is 17.9. The molecule has 0 aliphatic rings. The molecular weight excluding hydrogens is 316 g/mol. The number of hydrogen-bond donors (Lipinski definition) is 3. The predicted molar refractivity (Wildman–Crippen MR) is 106 cm³/mol. The molecular formula is C20H44O3Si. The van der Waals surface area contributed by atoms with Gasteiger partial charge in [-0.25, -0.2) is 0 Å². The fourth-order valence-electron chi connectivity index (χ4n) is 3.26. The second-order valence-electron chi connectivity index (χ2n) is 7.53. The SMILES string of the molecule is CCCCCCCCCCCCCCCCCCCC[Si](O)(O)O. The van der Waals surface area contributed by atoms with Crippen LogP contribution in [0.2, 0.25) is 6.04 Å². The quantitative estimate of drug-likeness (QED) is 0.197. The zero-order chi connectivity index (χ0) is 17.9. The zero-order valence-electron chi connectivity index (χ0n) is 16.3. The minimum absolute atomic E-state index is 0.200. The van der Waals surface area contributed by atoms with Gasteiger partial charge in [0, 0.05) is 6.04 Å². The van der Waals surface area contributed by atoms with Crippen LogP contribution in [0.1, 0.15) is 122 Å². The van der Waals surface area contributed by atoms with Crippen LogP contribution in [0.5, 0.6) is 0 Å². The molecule has 0 atom stereocenters. The first-order chi connectivity index (χ1) is 11.6. The second-order valence-corrected chi connectivity index (χ2v) is 9.58. The topological polar surface area (TPSA) is 60.7 Å². The third-order valence-corrected chi connectivity index (χ3v) is 5.89. The van der Waals surface area contributed by atoms with Crippen LogP contribution in [-0.2, 0) is 0 Å². The van der Waals surface area contributed by atoms with Crippen molar-refractivity contribution in [3.63, 3.8) is 0 Å². The van der Waals surface area contributed by atoms with E-state index in [1.807, 2.05) is 0 Å². The van der Waals surface area contributed by atoms with E-state index in [0.29, 0.717) is 0 Å². The Morgan fingerprint density at radius 2 is 0.667 bits per heavy atom. The lowest BCUT2D eigenvalue weighted by molar-refractivity contribution is 0.226. The van der Waals surface area contributed by atoms with Gasteiger partial charge in [-0.15, -0.1) is 0 Å². The summed E-state index contributed by atoms with van der Waals surface area (Å²) in [7, 11) is -3.77. The molecule has 0 aromatic carbocycles. The van der Waals surface area contributed by atoms with Gasteiger partial charge in [0.1, 0.15) is 0 Å². The van der Waals surface area contributed by atoms with Crippen molar-refractivity contribution in [2.24, 2.45) is 0 Å². The summed E-state index contributed by atoms with van der Waals surface area (Å²) in [5, 5.41) is 0. The van der Waals surface area contributed by atoms with Crippen molar-refractivity contribution < 1.29 is 14.4 Å². The highest BCUT2D eigenvalue weighted by molar-refractivity contribution is 6.56. The van der Waals surface area contributed by atoms with Gasteiger partial charge in [0.05, 0.1) is 0 Å². The lowest BCUT2D eigenvalue weighted by Crippen LogP contribution is -2.33. The Hall–Kier alpha value is 0.0969. The van der Waals surface area contributed by atoms with Gasteiger partial charge in [-0.1, -0.05) is 116 Å². The van der Waals surface area contributed by atoms with Crippen LogP contribution in [0, 0.1) is 0 Å². The minimum Gasteiger partial charge on any atom is -0.390 e. The van der Waals surface area contributed by atoms with E-state index in [1.165, 1.54) is 96.3 Å². The Labute approximate surface area is 152 Å². The summed E-state index contributed by atoms with van der Waals surface area (Å²) < 4.78 is 0. The summed E-state index contributed by atoms with van der Waals surface area (Å²) in [5.41, 5.74) is 0. The van der Waals surface area contributed by atoms with E-state index in [4.69, 9.17) is 14.4 Å². The molecule has 0 bridgehead atoms. The van der Waals surface area contributed by atoms with Crippen molar-refractivity contribution in [3.05, 3.63) is 0 Å². The Morgan fingerprint density at radius 3 is 0.917 bits per heavy atom. The summed E-state index contributed by atoms with van der Waals surface area (Å²) in [6.07, 6.45) is 23.8. The molecule has 146 valence electrons. The van der Waals surface area contributed by atoms with Gasteiger partial charge in [0.25, 0.3) is 0 Å². The Bertz CT molecular complexity index is 242. The highest BCUT2D eigenvalue weighted by Crippen LogP contribution is 2.15. The molecule has 0 aromatic rings. The summed E-state index contributed by atoms with van der Waals surface area (Å²) >= 11 is 0. The highest BCUT2D eigenvalue weighted by Gasteiger charge is 2.25. The van der Waals surface area contributed by atoms with E-state index in [-0.39, 0.29) is 6.04 Å². The van der Waals surface area contributed by atoms with Gasteiger partial charge >= 0.3 is 8.80 Å². The van der Waals surface area contributed by atoms with Gasteiger partial charge < -0.3 is 14.4 Å². The highest BCUT2D eigenvalue weighted by atomic mass is 28.4. The fourth-order valence-corrected chi connectivity index (χ4v) is 3.99. The maximum Gasteiger partial charge on any atom is 0.492 e. The van der Waals surface area contributed by atoms with Crippen LogP contribution in [0.3, 0.4) is 0 Å². The van der Waals surface area contributed by atoms with E-state index < -0.39 is 8.80 Å². The van der Waals surface area contributed by atoms with Crippen LogP contribution < -0.4 is 0 Å². The lowest BCUT2D eigenvalue weighted by atomic mass is 10.0. The zero-order valence-corrected chi connectivity index (χ0v) is 17.3. The summed E-state index contributed by atoms with van der Waals surface area (Å²) in [6, 6.07) is 0.200. The molecule has 0 aromatic heterocycles. The van der Waals surface area contributed by atoms with Crippen molar-refractivity contribution in [3.8, 4) is 0 Å². The van der Waals surface area contributed by atoms with Crippen LogP contribution in [0.4, 0.5) is 0 Å². The molecule has 0 rings (SSSR count). The average Bonchev–Trinajstić information content (AvgIpc) is 2.52. The summed E-state index contributed by atoms with van der Waals surface area (Å²) in [5.74, 6) is 0. The van der Waals surface area contributed by atoms with Gasteiger partial charge in [0.15, 0.2) is 0 Å². The standard InChI is InChI=1S/C20H44O3Si/c1-2-3-4-5-6-7-8-9-10-11-12-13-14-15-16-17-18-19-20-24(21,22)23/h21-23H,2-20H2,1H3. The van der Waals surface area contributed by atoms with Crippen molar-refractivity contribution in [1.82, 2.24) is 0 Å². The number of rotatable bonds is 19. The van der Waals surface area contributed by atoms with Crippen molar-refractivity contribution in [2.45, 2.75) is 129 Å². The lowest BCUT2D eigenvalue weighted by Gasteiger charge is -2.08. The molecule has 0 amide bonds. The largest absolute Gasteiger partial charge is 0.492 e. The monoisotopic (exact) mass is 360 g/mol. The maximum absolute atomic E-state index is 8.90. The molecule has 0 saturated heterocycles. The van der Waals surface area contributed by atoms with E-state index in [9.17, 15) is 0 Å². The first-order valence-electron chi connectivity index (χ1n) is 10.7. The molecule has 0 unspecified atom stereocenters. The van der Waals surface area contributed by atoms with E-state index in [0.717, 1.165) is 19.3 Å². The molecule has 3 nitrogen and oxygen atoms in total. The molecule has 0 aliphatic heterocycles. The fraction of sp³-hybridized carbons (Fsp3) is 1.00. The predicted octanol–water partition coefficient (Wildman–Crippen LogP) is 5.94. The average molecular weight is 361 g/mol. The smallest absolute Gasteiger partial charge is 0.390 e. The van der Waals surface area contributed by atoms with Crippen molar-refractivity contribution in [1.29, 1.82) is 0 Å². The summed E-state index contributed by atoms with van der Waals surface area (Å²) in [6.45, 7) is 2.28. The molecule has 3 N–H and O–H groups in total. The Balaban J connectivity index is 3.00. The molecule has 0 spiro atoms. The molecule has 24 heavy (non-hydrogen) atoms. The third kappa shape index (κ3) is 22.1. The normalized spacial score (nSPS) is 12.0. The first-order valence-corrected chi connectivity index (χ1v) is 12.8. The molecule has 0 aliphatic carbocycles. The van der Waals surface area contributed by atoms with E-state index >= 15 is 0 Å². The molecule has 0 radical (unpaired) electrons. The van der Waals surface area contributed by atoms with Crippen LogP contribution in [0.25, 0.3) is 0 Å². The van der Waals surface area contributed by atoms with Crippen LogP contribution in [0.15, 0.2) is 0 Å². The maximum atomic E-state index is 8.90.